The van der Waals surface area contributed by atoms with Crippen LogP contribution in [0.5, 0.6) is 11.5 Å². The zero-order valence-corrected chi connectivity index (χ0v) is 6.66. The first-order chi connectivity index (χ1) is 5.18. The number of ether oxygens (including phenoxy) is 1. The summed E-state index contributed by atoms with van der Waals surface area (Å²) in [6.45, 7) is 3.87. The van der Waals surface area contributed by atoms with Crippen LogP contribution in [0.2, 0.25) is 0 Å². The minimum Gasteiger partial charge on any atom is -0.508 e. The Morgan fingerprint density at radius 3 is 2.73 bits per heavy atom. The Morgan fingerprint density at radius 1 is 1.45 bits per heavy atom. The summed E-state index contributed by atoms with van der Waals surface area (Å²) < 4.78 is 5.30. The summed E-state index contributed by atoms with van der Waals surface area (Å²) in [5, 5.41) is 9.01. The van der Waals surface area contributed by atoms with E-state index >= 15 is 0 Å². The Hall–Kier alpha value is -1.18. The number of hydrogen-bond donors (Lipinski definition) is 1. The van der Waals surface area contributed by atoms with E-state index in [-0.39, 0.29) is 11.9 Å². The quantitative estimate of drug-likeness (QED) is 0.700. The molecule has 1 radical (unpaired) electrons. The van der Waals surface area contributed by atoms with Crippen LogP contribution in [0.3, 0.4) is 0 Å². The maximum Gasteiger partial charge on any atom is 0.123 e. The average Bonchev–Trinajstić information content (AvgIpc) is 1.85. The molecule has 1 N–H and O–H groups in total. The van der Waals surface area contributed by atoms with Gasteiger partial charge in [0, 0.05) is 6.07 Å². The van der Waals surface area contributed by atoms with Crippen molar-refractivity contribution >= 4 is 0 Å². The topological polar surface area (TPSA) is 29.5 Å². The molecular formula is C9H11O2. The predicted octanol–water partition coefficient (Wildman–Crippen LogP) is 1.98. The molecule has 0 atom stereocenters. The maximum absolute atomic E-state index is 9.01. The van der Waals surface area contributed by atoms with Crippen LogP contribution in [0, 0.1) is 6.07 Å². The summed E-state index contributed by atoms with van der Waals surface area (Å²) in [7, 11) is 0. The molecule has 0 bridgehead atoms. The van der Waals surface area contributed by atoms with Gasteiger partial charge in [-0.1, -0.05) is 0 Å². The van der Waals surface area contributed by atoms with E-state index in [4.69, 9.17) is 9.84 Å². The second-order valence-electron chi connectivity index (χ2n) is 2.59. The van der Waals surface area contributed by atoms with Crippen LogP contribution < -0.4 is 4.74 Å². The lowest BCUT2D eigenvalue weighted by atomic mass is 10.3. The normalized spacial score (nSPS) is 10.1. The van der Waals surface area contributed by atoms with Gasteiger partial charge in [-0.2, -0.15) is 0 Å². The van der Waals surface area contributed by atoms with E-state index in [0.717, 1.165) is 0 Å². The molecule has 0 amide bonds. The van der Waals surface area contributed by atoms with Crippen LogP contribution in [0.15, 0.2) is 18.2 Å². The molecule has 1 aromatic carbocycles. The number of benzene rings is 1. The lowest BCUT2D eigenvalue weighted by Gasteiger charge is -2.08. The van der Waals surface area contributed by atoms with Gasteiger partial charge < -0.3 is 9.84 Å². The SMILES string of the molecule is CC(C)Oc1c[c]cc(O)c1. The fraction of sp³-hybridized carbons (Fsp3) is 0.333. The van der Waals surface area contributed by atoms with E-state index in [9.17, 15) is 0 Å². The second-order valence-corrected chi connectivity index (χ2v) is 2.59. The summed E-state index contributed by atoms with van der Waals surface area (Å²) in [4.78, 5) is 0. The van der Waals surface area contributed by atoms with Gasteiger partial charge in [-0.15, -0.1) is 0 Å². The van der Waals surface area contributed by atoms with Gasteiger partial charge in [0.1, 0.15) is 11.5 Å². The van der Waals surface area contributed by atoms with Crippen LogP contribution in [0.4, 0.5) is 0 Å². The van der Waals surface area contributed by atoms with E-state index in [1.165, 1.54) is 6.07 Å². The Kier molecular flexibility index (Phi) is 2.36. The Morgan fingerprint density at radius 2 is 2.18 bits per heavy atom. The van der Waals surface area contributed by atoms with Crippen LogP contribution in [0.1, 0.15) is 13.8 Å². The molecule has 0 unspecified atom stereocenters. The van der Waals surface area contributed by atoms with Crippen molar-refractivity contribution in [1.29, 1.82) is 0 Å². The lowest BCUT2D eigenvalue weighted by Crippen LogP contribution is -2.04. The second kappa shape index (κ2) is 3.28. The molecule has 1 rings (SSSR count). The summed E-state index contributed by atoms with van der Waals surface area (Å²) in [5.74, 6) is 0.836. The Balaban J connectivity index is 2.71. The number of hydrogen-bond acceptors (Lipinski definition) is 2. The van der Waals surface area contributed by atoms with Crippen molar-refractivity contribution < 1.29 is 9.84 Å². The van der Waals surface area contributed by atoms with Gasteiger partial charge in [-0.3, -0.25) is 0 Å². The van der Waals surface area contributed by atoms with Crippen molar-refractivity contribution in [3.63, 3.8) is 0 Å². The molecule has 0 heterocycles. The van der Waals surface area contributed by atoms with Crippen molar-refractivity contribution in [2.24, 2.45) is 0 Å². The van der Waals surface area contributed by atoms with Crippen LogP contribution in [0.25, 0.3) is 0 Å². The lowest BCUT2D eigenvalue weighted by molar-refractivity contribution is 0.241. The third kappa shape index (κ3) is 2.50. The predicted molar refractivity (Wildman–Crippen MR) is 42.7 cm³/mol. The van der Waals surface area contributed by atoms with E-state index in [2.05, 4.69) is 6.07 Å². The van der Waals surface area contributed by atoms with Gasteiger partial charge in [-0.05, 0) is 32.0 Å². The van der Waals surface area contributed by atoms with Crippen molar-refractivity contribution in [3.8, 4) is 11.5 Å². The number of rotatable bonds is 2. The molecular weight excluding hydrogens is 140 g/mol. The van der Waals surface area contributed by atoms with E-state index in [1.807, 2.05) is 13.8 Å². The molecule has 1 aromatic rings. The molecule has 0 spiro atoms. The van der Waals surface area contributed by atoms with Gasteiger partial charge in [0.25, 0.3) is 0 Å². The monoisotopic (exact) mass is 151 g/mol. The highest BCUT2D eigenvalue weighted by Crippen LogP contribution is 2.17. The maximum atomic E-state index is 9.01. The van der Waals surface area contributed by atoms with E-state index in [1.54, 1.807) is 12.1 Å². The van der Waals surface area contributed by atoms with E-state index < -0.39 is 0 Å². The largest absolute Gasteiger partial charge is 0.508 e. The molecule has 0 fully saturated rings. The highest BCUT2D eigenvalue weighted by Gasteiger charge is 1.96. The van der Waals surface area contributed by atoms with Gasteiger partial charge >= 0.3 is 0 Å². The number of phenolic OH excluding ortho intramolecular Hbond substituents is 1. The molecule has 11 heavy (non-hydrogen) atoms. The van der Waals surface area contributed by atoms with Gasteiger partial charge in [-0.25, -0.2) is 0 Å². The first-order valence-corrected chi connectivity index (χ1v) is 3.55. The minimum atomic E-state index is 0.130. The molecule has 0 aliphatic rings. The van der Waals surface area contributed by atoms with Crippen molar-refractivity contribution in [3.05, 3.63) is 24.3 Å². The molecule has 0 aliphatic carbocycles. The van der Waals surface area contributed by atoms with Gasteiger partial charge in [0.2, 0.25) is 0 Å². The molecule has 2 nitrogen and oxygen atoms in total. The van der Waals surface area contributed by atoms with Gasteiger partial charge in [0.15, 0.2) is 0 Å². The van der Waals surface area contributed by atoms with Crippen LogP contribution in [-0.2, 0) is 0 Å². The highest BCUT2D eigenvalue weighted by atomic mass is 16.5. The number of aromatic hydroxyl groups is 1. The molecule has 0 aromatic heterocycles. The molecule has 0 saturated heterocycles. The first kappa shape index (κ1) is 7.92. The highest BCUT2D eigenvalue weighted by molar-refractivity contribution is 5.30. The zero-order chi connectivity index (χ0) is 8.27. The third-order valence-electron chi connectivity index (χ3n) is 1.12. The Labute approximate surface area is 66.4 Å². The summed E-state index contributed by atoms with van der Waals surface area (Å²) >= 11 is 0. The Bertz CT molecular complexity index is 231. The fourth-order valence-corrected chi connectivity index (χ4v) is 0.778. The van der Waals surface area contributed by atoms with Crippen molar-refractivity contribution in [2.75, 3.05) is 0 Å². The molecule has 0 aliphatic heterocycles. The zero-order valence-electron chi connectivity index (χ0n) is 6.66. The standard InChI is InChI=1S/C9H11O2/c1-7(2)11-9-5-3-4-8(10)6-9/h4-7,10H,1-2H3. The minimum absolute atomic E-state index is 0.130. The third-order valence-corrected chi connectivity index (χ3v) is 1.12. The molecule has 59 valence electrons. The van der Waals surface area contributed by atoms with Crippen LogP contribution in [-0.4, -0.2) is 11.2 Å². The average molecular weight is 151 g/mol. The first-order valence-electron chi connectivity index (χ1n) is 3.55. The fourth-order valence-electron chi connectivity index (χ4n) is 0.778. The van der Waals surface area contributed by atoms with Gasteiger partial charge in [0.05, 0.1) is 6.10 Å². The summed E-state index contributed by atoms with van der Waals surface area (Å²) in [6.07, 6.45) is 0.130. The smallest absolute Gasteiger partial charge is 0.123 e. The number of phenols is 1. The van der Waals surface area contributed by atoms with Crippen LogP contribution >= 0.6 is 0 Å². The van der Waals surface area contributed by atoms with Crippen molar-refractivity contribution in [2.45, 2.75) is 20.0 Å². The van der Waals surface area contributed by atoms with E-state index in [0.29, 0.717) is 5.75 Å². The summed E-state index contributed by atoms with van der Waals surface area (Å²) in [5.41, 5.74) is 0. The summed E-state index contributed by atoms with van der Waals surface area (Å²) in [6, 6.07) is 7.51. The van der Waals surface area contributed by atoms with Crippen molar-refractivity contribution in [1.82, 2.24) is 0 Å². The molecule has 0 saturated carbocycles. The molecule has 2 heteroatoms.